The molecule has 1 saturated carbocycles. The van der Waals surface area contributed by atoms with Crippen LogP contribution in [0.3, 0.4) is 0 Å². The average Bonchev–Trinajstić information content (AvgIpc) is 3.20. The Morgan fingerprint density at radius 3 is 2.67 bits per heavy atom. The van der Waals surface area contributed by atoms with E-state index >= 15 is 0 Å². The lowest BCUT2D eigenvalue weighted by molar-refractivity contribution is -0.0760. The fourth-order valence-electron chi connectivity index (χ4n) is 5.72. The van der Waals surface area contributed by atoms with Gasteiger partial charge >= 0.3 is 0 Å². The summed E-state index contributed by atoms with van der Waals surface area (Å²) in [5, 5.41) is 11.2. The second-order valence-electron chi connectivity index (χ2n) is 9.65. The van der Waals surface area contributed by atoms with Crippen molar-refractivity contribution in [2.24, 2.45) is 0 Å². The molecule has 0 aromatic heterocycles. The highest BCUT2D eigenvalue weighted by Gasteiger charge is 2.44. The van der Waals surface area contributed by atoms with Gasteiger partial charge in [-0.1, -0.05) is 50.1 Å². The normalized spacial score (nSPS) is 35.3. The topological polar surface area (TPSA) is 32.7 Å². The number of ether oxygens (including phenoxy) is 1. The molecule has 0 amide bonds. The van der Waals surface area contributed by atoms with Crippen LogP contribution in [0.1, 0.15) is 76.7 Å². The van der Waals surface area contributed by atoms with E-state index in [-0.39, 0.29) is 5.41 Å². The highest BCUT2D eigenvalue weighted by atomic mass is 16.5. The van der Waals surface area contributed by atoms with Crippen LogP contribution in [0.2, 0.25) is 0 Å². The molecule has 3 nitrogen and oxygen atoms in total. The highest BCUT2D eigenvalue weighted by molar-refractivity contribution is 5.26. The minimum Gasteiger partial charge on any atom is -0.390 e. The predicted octanol–water partition coefficient (Wildman–Crippen LogP) is 4.67. The van der Waals surface area contributed by atoms with Crippen LogP contribution < -0.4 is 0 Å². The molecule has 1 aromatic carbocycles. The summed E-state index contributed by atoms with van der Waals surface area (Å²) in [6.45, 7) is 5.41. The van der Waals surface area contributed by atoms with Crippen molar-refractivity contribution in [3.05, 3.63) is 35.9 Å². The van der Waals surface area contributed by atoms with Gasteiger partial charge in [-0.3, -0.25) is 4.90 Å². The van der Waals surface area contributed by atoms with Gasteiger partial charge in [-0.2, -0.15) is 0 Å². The standard InChI is InChI=1S/C24H37NO2/c1-23(20-8-3-2-4-9-20)14-12-21-18-24(26,15-16-25(21)19-23)13-7-17-27-22-10-5-6-11-22/h2-4,8-9,21-22,26H,5-7,10-19H2,1H3. The fourth-order valence-corrected chi connectivity index (χ4v) is 5.72. The molecule has 2 aliphatic heterocycles. The molecule has 3 aliphatic rings. The first kappa shape index (κ1) is 19.4. The molecule has 27 heavy (non-hydrogen) atoms. The maximum absolute atomic E-state index is 11.2. The summed E-state index contributed by atoms with van der Waals surface area (Å²) in [4.78, 5) is 2.65. The van der Waals surface area contributed by atoms with Gasteiger partial charge in [0.05, 0.1) is 11.7 Å². The lowest BCUT2D eigenvalue weighted by atomic mass is 9.70. The molecule has 3 atom stereocenters. The zero-order valence-corrected chi connectivity index (χ0v) is 17.0. The van der Waals surface area contributed by atoms with E-state index in [0.29, 0.717) is 12.1 Å². The van der Waals surface area contributed by atoms with Gasteiger partial charge in [-0.15, -0.1) is 0 Å². The second kappa shape index (κ2) is 8.23. The SMILES string of the molecule is CC1(c2ccccc2)CCC2CC(O)(CCCOC3CCCC3)CCN2C1. The Kier molecular flexibility index (Phi) is 5.92. The van der Waals surface area contributed by atoms with Gasteiger partial charge in [0, 0.05) is 31.2 Å². The molecule has 2 heterocycles. The van der Waals surface area contributed by atoms with E-state index in [1.807, 2.05) is 0 Å². The van der Waals surface area contributed by atoms with Gasteiger partial charge in [0.1, 0.15) is 0 Å². The molecule has 0 radical (unpaired) electrons. The van der Waals surface area contributed by atoms with Gasteiger partial charge < -0.3 is 9.84 Å². The number of piperidine rings is 2. The molecule has 0 bridgehead atoms. The van der Waals surface area contributed by atoms with Gasteiger partial charge in [-0.25, -0.2) is 0 Å². The van der Waals surface area contributed by atoms with E-state index in [1.165, 1.54) is 44.1 Å². The molecule has 3 unspecified atom stereocenters. The number of aliphatic hydroxyl groups is 1. The third-order valence-electron chi connectivity index (χ3n) is 7.49. The van der Waals surface area contributed by atoms with E-state index in [1.54, 1.807) is 0 Å². The maximum atomic E-state index is 11.2. The zero-order valence-electron chi connectivity index (χ0n) is 17.0. The van der Waals surface area contributed by atoms with Crippen LogP contribution in [0.5, 0.6) is 0 Å². The van der Waals surface area contributed by atoms with Crippen LogP contribution >= 0.6 is 0 Å². The summed E-state index contributed by atoms with van der Waals surface area (Å²) in [6, 6.07) is 11.5. The highest BCUT2D eigenvalue weighted by Crippen LogP contribution is 2.42. The average molecular weight is 372 g/mol. The van der Waals surface area contributed by atoms with Gasteiger partial charge in [0.15, 0.2) is 0 Å². The molecule has 1 N–H and O–H groups in total. The Hall–Kier alpha value is -0.900. The summed E-state index contributed by atoms with van der Waals surface area (Å²) in [5.41, 5.74) is 1.25. The molecule has 0 spiro atoms. The van der Waals surface area contributed by atoms with Crippen LogP contribution in [0, 0.1) is 0 Å². The van der Waals surface area contributed by atoms with Crippen molar-refractivity contribution in [1.29, 1.82) is 0 Å². The number of fused-ring (bicyclic) bond motifs is 1. The molecule has 2 saturated heterocycles. The van der Waals surface area contributed by atoms with Crippen LogP contribution in [0.15, 0.2) is 30.3 Å². The van der Waals surface area contributed by atoms with Crippen LogP contribution in [-0.2, 0) is 10.2 Å². The molecule has 3 heteroatoms. The molecule has 3 fully saturated rings. The Bertz CT molecular complexity index is 600. The number of hydrogen-bond acceptors (Lipinski definition) is 3. The van der Waals surface area contributed by atoms with Crippen molar-refractivity contribution in [1.82, 2.24) is 4.90 Å². The number of hydrogen-bond donors (Lipinski definition) is 1. The maximum Gasteiger partial charge on any atom is 0.0675 e. The minimum atomic E-state index is -0.472. The Morgan fingerprint density at radius 2 is 1.89 bits per heavy atom. The van der Waals surface area contributed by atoms with Crippen molar-refractivity contribution in [2.45, 2.75) is 94.3 Å². The van der Waals surface area contributed by atoms with E-state index < -0.39 is 5.60 Å². The fraction of sp³-hybridized carbons (Fsp3) is 0.750. The van der Waals surface area contributed by atoms with Gasteiger partial charge in [0.25, 0.3) is 0 Å². The summed E-state index contributed by atoms with van der Waals surface area (Å²) in [6.07, 6.45) is 11.8. The largest absolute Gasteiger partial charge is 0.390 e. The lowest BCUT2D eigenvalue weighted by Gasteiger charge is -2.51. The molecule has 150 valence electrons. The van der Waals surface area contributed by atoms with E-state index in [2.05, 4.69) is 42.2 Å². The van der Waals surface area contributed by atoms with Gasteiger partial charge in [0.2, 0.25) is 0 Å². The predicted molar refractivity (Wildman–Crippen MR) is 110 cm³/mol. The summed E-state index contributed by atoms with van der Waals surface area (Å²) >= 11 is 0. The number of nitrogens with zero attached hydrogens (tertiary/aromatic N) is 1. The van der Waals surface area contributed by atoms with E-state index in [0.717, 1.165) is 45.4 Å². The Labute approximate surface area is 165 Å². The molecular formula is C24H37NO2. The van der Waals surface area contributed by atoms with Crippen molar-refractivity contribution < 1.29 is 9.84 Å². The Balaban J connectivity index is 1.27. The Morgan fingerprint density at radius 1 is 1.11 bits per heavy atom. The van der Waals surface area contributed by atoms with Crippen LogP contribution in [0.25, 0.3) is 0 Å². The lowest BCUT2D eigenvalue weighted by Crippen LogP contribution is -2.57. The number of benzene rings is 1. The number of rotatable bonds is 6. The third-order valence-corrected chi connectivity index (χ3v) is 7.49. The van der Waals surface area contributed by atoms with E-state index in [4.69, 9.17) is 4.74 Å². The molecule has 1 aliphatic carbocycles. The third kappa shape index (κ3) is 4.58. The van der Waals surface area contributed by atoms with E-state index in [9.17, 15) is 5.11 Å². The monoisotopic (exact) mass is 371 g/mol. The van der Waals surface area contributed by atoms with Crippen LogP contribution in [0.4, 0.5) is 0 Å². The van der Waals surface area contributed by atoms with Crippen molar-refractivity contribution >= 4 is 0 Å². The zero-order chi connectivity index (χ0) is 18.7. The first-order chi connectivity index (χ1) is 13.1. The minimum absolute atomic E-state index is 0.252. The quantitative estimate of drug-likeness (QED) is 0.738. The molecular weight excluding hydrogens is 334 g/mol. The summed E-state index contributed by atoms with van der Waals surface area (Å²) in [5.74, 6) is 0. The summed E-state index contributed by atoms with van der Waals surface area (Å²) in [7, 11) is 0. The van der Waals surface area contributed by atoms with Gasteiger partial charge in [-0.05, 0) is 56.9 Å². The first-order valence-corrected chi connectivity index (χ1v) is 11.2. The van der Waals surface area contributed by atoms with Crippen LogP contribution in [-0.4, -0.2) is 47.4 Å². The molecule has 4 rings (SSSR count). The first-order valence-electron chi connectivity index (χ1n) is 11.2. The molecule has 1 aromatic rings. The van der Waals surface area contributed by atoms with Crippen molar-refractivity contribution in [3.8, 4) is 0 Å². The van der Waals surface area contributed by atoms with Crippen molar-refractivity contribution in [3.63, 3.8) is 0 Å². The smallest absolute Gasteiger partial charge is 0.0675 e. The van der Waals surface area contributed by atoms with Crippen molar-refractivity contribution in [2.75, 3.05) is 19.7 Å². The second-order valence-corrected chi connectivity index (χ2v) is 9.65. The summed E-state index contributed by atoms with van der Waals surface area (Å²) < 4.78 is 6.00.